The van der Waals surface area contributed by atoms with Gasteiger partial charge in [-0.3, -0.25) is 4.68 Å². The molecule has 0 amide bonds. The van der Waals surface area contributed by atoms with E-state index in [9.17, 15) is 0 Å². The minimum absolute atomic E-state index is 0.0430. The molecule has 92 valence electrons. The molecule has 2 aromatic rings. The van der Waals surface area contributed by atoms with Crippen molar-refractivity contribution in [3.05, 3.63) is 37.2 Å². The van der Waals surface area contributed by atoms with Crippen molar-refractivity contribution in [2.75, 3.05) is 0 Å². The van der Waals surface area contributed by atoms with Crippen LogP contribution < -0.4 is 5.73 Å². The predicted molar refractivity (Wildman–Crippen MR) is 75.6 cm³/mol. The second kappa shape index (κ2) is 5.10. The maximum Gasteiger partial charge on any atom is 0.0847 e. The number of aromatic nitrogens is 2. The monoisotopic (exact) mass is 333 g/mol. The molecule has 0 radical (unpaired) electrons. The van der Waals surface area contributed by atoms with Crippen LogP contribution in [0.4, 0.5) is 0 Å². The van der Waals surface area contributed by atoms with E-state index >= 15 is 0 Å². The Balaban J connectivity index is 2.21. The number of aryl methyl sites for hydroxylation is 2. The summed E-state index contributed by atoms with van der Waals surface area (Å²) in [5.74, 6) is 0. The summed E-state index contributed by atoms with van der Waals surface area (Å²) in [4.78, 5) is 1.15. The Hall–Kier alpha value is -0.360. The summed E-state index contributed by atoms with van der Waals surface area (Å²) in [6.45, 7) is 1.90. The van der Waals surface area contributed by atoms with Gasteiger partial charge in [-0.1, -0.05) is 11.6 Å². The number of nitrogens with two attached hydrogens (primary N) is 1. The Labute approximate surface area is 118 Å². The minimum Gasteiger partial charge on any atom is -0.323 e. The van der Waals surface area contributed by atoms with Gasteiger partial charge in [0.1, 0.15) is 0 Å². The standard InChI is InChI=1S/C11H13BrClN3S/c1-6-11(13)9(16(2)15-6)4-8(14)10-3-7(12)5-17-10/h3,5,8H,4,14H2,1-2H3. The number of nitrogens with zero attached hydrogens (tertiary/aromatic N) is 2. The van der Waals surface area contributed by atoms with E-state index < -0.39 is 0 Å². The van der Waals surface area contributed by atoms with Crippen molar-refractivity contribution in [1.82, 2.24) is 9.78 Å². The first kappa shape index (κ1) is 13.1. The smallest absolute Gasteiger partial charge is 0.0847 e. The van der Waals surface area contributed by atoms with Gasteiger partial charge in [0, 0.05) is 34.2 Å². The van der Waals surface area contributed by atoms with Crippen molar-refractivity contribution >= 4 is 38.9 Å². The van der Waals surface area contributed by atoms with Crippen molar-refractivity contribution in [1.29, 1.82) is 0 Å². The van der Waals surface area contributed by atoms with Gasteiger partial charge in [0.05, 0.1) is 16.4 Å². The second-order valence-electron chi connectivity index (χ2n) is 3.95. The van der Waals surface area contributed by atoms with Gasteiger partial charge in [-0.05, 0) is 28.9 Å². The topological polar surface area (TPSA) is 43.8 Å². The second-order valence-corrected chi connectivity index (χ2v) is 6.18. The van der Waals surface area contributed by atoms with Gasteiger partial charge in [-0.2, -0.15) is 5.10 Å². The Kier molecular flexibility index (Phi) is 3.92. The van der Waals surface area contributed by atoms with E-state index in [0.717, 1.165) is 25.8 Å². The van der Waals surface area contributed by atoms with Crippen LogP contribution in [0.1, 0.15) is 22.3 Å². The third kappa shape index (κ3) is 2.73. The third-order valence-electron chi connectivity index (χ3n) is 2.63. The normalized spacial score (nSPS) is 13.0. The fourth-order valence-corrected chi connectivity index (χ4v) is 3.42. The third-order valence-corrected chi connectivity index (χ3v) is 4.95. The van der Waals surface area contributed by atoms with E-state index in [1.165, 1.54) is 0 Å². The molecular formula is C11H13BrClN3S. The molecule has 0 bridgehead atoms. The number of halogens is 2. The van der Waals surface area contributed by atoms with E-state index in [1.54, 1.807) is 16.0 Å². The first-order valence-electron chi connectivity index (χ1n) is 5.16. The lowest BCUT2D eigenvalue weighted by Gasteiger charge is -2.10. The molecule has 0 aliphatic rings. The van der Waals surface area contributed by atoms with Crippen LogP contribution in [0.2, 0.25) is 5.02 Å². The quantitative estimate of drug-likeness (QED) is 0.934. The van der Waals surface area contributed by atoms with Crippen LogP contribution in [0.25, 0.3) is 0 Å². The lowest BCUT2D eigenvalue weighted by Crippen LogP contribution is -2.14. The Morgan fingerprint density at radius 1 is 1.65 bits per heavy atom. The fourth-order valence-electron chi connectivity index (χ4n) is 1.73. The van der Waals surface area contributed by atoms with Crippen LogP contribution in [-0.4, -0.2) is 9.78 Å². The lowest BCUT2D eigenvalue weighted by atomic mass is 10.1. The molecule has 2 N–H and O–H groups in total. The Bertz CT molecular complexity index is 535. The van der Waals surface area contributed by atoms with Crippen LogP contribution in [0.15, 0.2) is 15.9 Å². The van der Waals surface area contributed by atoms with Gasteiger partial charge < -0.3 is 5.73 Å². The van der Waals surface area contributed by atoms with E-state index in [2.05, 4.69) is 21.0 Å². The molecule has 17 heavy (non-hydrogen) atoms. The van der Waals surface area contributed by atoms with E-state index in [1.807, 2.05) is 25.4 Å². The van der Waals surface area contributed by atoms with Gasteiger partial charge in [0.25, 0.3) is 0 Å². The largest absolute Gasteiger partial charge is 0.323 e. The summed E-state index contributed by atoms with van der Waals surface area (Å²) < 4.78 is 2.88. The number of rotatable bonds is 3. The van der Waals surface area contributed by atoms with Crippen LogP contribution in [0, 0.1) is 6.92 Å². The highest BCUT2D eigenvalue weighted by Crippen LogP contribution is 2.29. The summed E-state index contributed by atoms with van der Waals surface area (Å²) in [7, 11) is 1.89. The van der Waals surface area contributed by atoms with Crippen LogP contribution in [0.5, 0.6) is 0 Å². The molecule has 0 aliphatic heterocycles. The molecule has 6 heteroatoms. The molecule has 1 atom stereocenters. The molecule has 0 aliphatic carbocycles. The molecule has 0 saturated carbocycles. The first-order valence-corrected chi connectivity index (χ1v) is 7.21. The van der Waals surface area contributed by atoms with Crippen molar-refractivity contribution in [3.8, 4) is 0 Å². The molecule has 2 aromatic heterocycles. The average molecular weight is 335 g/mol. The maximum absolute atomic E-state index is 6.21. The van der Waals surface area contributed by atoms with Gasteiger partial charge in [-0.25, -0.2) is 0 Å². The minimum atomic E-state index is -0.0430. The molecule has 3 nitrogen and oxygen atoms in total. The van der Waals surface area contributed by atoms with Gasteiger partial charge in [-0.15, -0.1) is 11.3 Å². The summed E-state index contributed by atoms with van der Waals surface area (Å²) in [6.07, 6.45) is 0.698. The summed E-state index contributed by atoms with van der Waals surface area (Å²) >= 11 is 11.3. The molecule has 0 saturated heterocycles. The highest BCUT2D eigenvalue weighted by Gasteiger charge is 2.16. The van der Waals surface area contributed by atoms with E-state index in [-0.39, 0.29) is 6.04 Å². The zero-order valence-corrected chi connectivity index (χ0v) is 12.7. The average Bonchev–Trinajstić information content (AvgIpc) is 2.79. The summed E-state index contributed by atoms with van der Waals surface area (Å²) in [5.41, 5.74) is 8.02. The fraction of sp³-hybridized carbons (Fsp3) is 0.364. The molecule has 2 heterocycles. The van der Waals surface area contributed by atoms with E-state index in [0.29, 0.717) is 6.42 Å². The molecule has 0 aromatic carbocycles. The van der Waals surface area contributed by atoms with Crippen LogP contribution in [-0.2, 0) is 13.5 Å². The first-order chi connectivity index (χ1) is 7.99. The highest BCUT2D eigenvalue weighted by molar-refractivity contribution is 9.10. The zero-order chi connectivity index (χ0) is 12.6. The van der Waals surface area contributed by atoms with Crippen LogP contribution >= 0.6 is 38.9 Å². The Morgan fingerprint density at radius 3 is 2.82 bits per heavy atom. The number of hydrogen-bond acceptors (Lipinski definition) is 3. The van der Waals surface area contributed by atoms with Gasteiger partial charge >= 0.3 is 0 Å². The molecule has 0 spiro atoms. The highest BCUT2D eigenvalue weighted by atomic mass is 79.9. The Morgan fingerprint density at radius 2 is 2.35 bits per heavy atom. The van der Waals surface area contributed by atoms with Crippen molar-refractivity contribution < 1.29 is 0 Å². The molecule has 2 rings (SSSR count). The van der Waals surface area contributed by atoms with Crippen molar-refractivity contribution in [3.63, 3.8) is 0 Å². The predicted octanol–water partition coefficient (Wildman–Crippen LogP) is 3.45. The van der Waals surface area contributed by atoms with Crippen molar-refractivity contribution in [2.45, 2.75) is 19.4 Å². The van der Waals surface area contributed by atoms with E-state index in [4.69, 9.17) is 17.3 Å². The SMILES string of the molecule is Cc1nn(C)c(CC(N)c2cc(Br)cs2)c1Cl. The lowest BCUT2D eigenvalue weighted by molar-refractivity contribution is 0.646. The summed E-state index contributed by atoms with van der Waals surface area (Å²) in [6, 6.07) is 2.01. The maximum atomic E-state index is 6.21. The number of hydrogen-bond donors (Lipinski definition) is 1. The zero-order valence-electron chi connectivity index (χ0n) is 9.58. The number of thiophene rings is 1. The van der Waals surface area contributed by atoms with Gasteiger partial charge in [0.15, 0.2) is 0 Å². The van der Waals surface area contributed by atoms with Crippen molar-refractivity contribution in [2.24, 2.45) is 12.8 Å². The summed E-state index contributed by atoms with van der Waals surface area (Å²) in [5, 5.41) is 7.04. The van der Waals surface area contributed by atoms with Gasteiger partial charge in [0.2, 0.25) is 0 Å². The molecular weight excluding hydrogens is 322 g/mol. The molecule has 0 fully saturated rings. The molecule has 1 unspecified atom stereocenters. The van der Waals surface area contributed by atoms with Crippen LogP contribution in [0.3, 0.4) is 0 Å².